The van der Waals surface area contributed by atoms with Gasteiger partial charge in [0.2, 0.25) is 21.8 Å². The number of carbonyl (C=O) groups excluding carboxylic acids is 2. The number of nitrogens with zero attached hydrogens (tertiary/aromatic N) is 2. The zero-order chi connectivity index (χ0) is 28.9. The van der Waals surface area contributed by atoms with Crippen molar-refractivity contribution in [3.05, 3.63) is 66.0 Å². The number of halogens is 1. The van der Waals surface area contributed by atoms with E-state index in [-0.39, 0.29) is 23.5 Å². The van der Waals surface area contributed by atoms with Crippen molar-refractivity contribution in [1.29, 1.82) is 0 Å². The lowest BCUT2D eigenvalue weighted by atomic mass is 9.92. The molecule has 1 aliphatic heterocycles. The van der Waals surface area contributed by atoms with Crippen LogP contribution in [0.25, 0.3) is 0 Å². The number of sulfonamides is 1. The topological polar surface area (TPSA) is 125 Å². The van der Waals surface area contributed by atoms with Crippen molar-refractivity contribution in [1.82, 2.24) is 14.5 Å². The summed E-state index contributed by atoms with van der Waals surface area (Å²) in [6.07, 6.45) is 2.90. The van der Waals surface area contributed by atoms with Gasteiger partial charge in [-0.25, -0.2) is 12.8 Å². The summed E-state index contributed by atoms with van der Waals surface area (Å²) in [5.74, 6) is -1.15. The lowest BCUT2D eigenvalue weighted by Gasteiger charge is -2.37. The van der Waals surface area contributed by atoms with Crippen molar-refractivity contribution < 1.29 is 22.4 Å². The van der Waals surface area contributed by atoms with Gasteiger partial charge >= 0.3 is 0 Å². The Kier molecular flexibility index (Phi) is 9.94. The normalized spacial score (nSPS) is 20.7. The number of amides is 2. The molecule has 4 rings (SSSR count). The summed E-state index contributed by atoms with van der Waals surface area (Å²) in [4.78, 5) is 27.9. The van der Waals surface area contributed by atoms with Crippen LogP contribution in [0.5, 0.6) is 0 Å². The molecule has 9 nitrogen and oxygen atoms in total. The fourth-order valence-corrected chi connectivity index (χ4v) is 6.69. The van der Waals surface area contributed by atoms with Gasteiger partial charge in [-0.1, -0.05) is 37.3 Å². The second-order valence-corrected chi connectivity index (χ2v) is 13.1. The lowest BCUT2D eigenvalue weighted by Crippen LogP contribution is -2.59. The van der Waals surface area contributed by atoms with Crippen molar-refractivity contribution in [2.75, 3.05) is 30.8 Å². The maximum absolute atomic E-state index is 13.4. The van der Waals surface area contributed by atoms with Gasteiger partial charge in [-0.15, -0.1) is 0 Å². The van der Waals surface area contributed by atoms with E-state index in [0.29, 0.717) is 44.1 Å². The smallest absolute Gasteiger partial charge is 0.237 e. The van der Waals surface area contributed by atoms with E-state index in [4.69, 9.17) is 5.73 Å². The second kappa shape index (κ2) is 13.2. The van der Waals surface area contributed by atoms with Gasteiger partial charge < -0.3 is 16.4 Å². The molecule has 0 aromatic heterocycles. The predicted octanol–water partition coefficient (Wildman–Crippen LogP) is 2.55. The molecule has 11 heteroatoms. The Hall–Kier alpha value is -2.86. The quantitative estimate of drug-likeness (QED) is 0.359. The average Bonchev–Trinajstić information content (AvgIpc) is 3.75. The molecule has 0 radical (unpaired) electrons. The lowest BCUT2D eigenvalue weighted by molar-refractivity contribution is -0.126. The Labute approximate surface area is 236 Å². The van der Waals surface area contributed by atoms with Gasteiger partial charge in [-0.3, -0.25) is 14.5 Å². The van der Waals surface area contributed by atoms with Crippen molar-refractivity contribution in [3.8, 4) is 0 Å². The maximum Gasteiger partial charge on any atom is 0.237 e. The van der Waals surface area contributed by atoms with Crippen LogP contribution in [0, 0.1) is 17.7 Å². The van der Waals surface area contributed by atoms with Crippen LogP contribution < -0.4 is 16.4 Å². The Morgan fingerprint density at radius 2 is 1.70 bits per heavy atom. The van der Waals surface area contributed by atoms with Crippen molar-refractivity contribution in [2.45, 2.75) is 57.7 Å². The van der Waals surface area contributed by atoms with E-state index in [1.54, 1.807) is 23.1 Å². The third kappa shape index (κ3) is 8.33. The van der Waals surface area contributed by atoms with E-state index in [1.807, 2.05) is 30.3 Å². The third-order valence-corrected chi connectivity index (χ3v) is 9.55. The Balaban J connectivity index is 1.39. The molecule has 0 unspecified atom stereocenters. The van der Waals surface area contributed by atoms with Crippen LogP contribution in [0.3, 0.4) is 0 Å². The molecular formula is C29H40FN5O4S. The molecule has 2 amide bonds. The summed E-state index contributed by atoms with van der Waals surface area (Å²) in [6, 6.07) is 13.5. The highest BCUT2D eigenvalue weighted by Gasteiger charge is 2.38. The number of hydrogen-bond acceptors (Lipinski definition) is 6. The number of nitrogens with one attached hydrogen (secondary N) is 2. The summed E-state index contributed by atoms with van der Waals surface area (Å²) in [6.45, 7) is 4.90. The molecule has 1 aliphatic carbocycles. The van der Waals surface area contributed by atoms with E-state index in [1.165, 1.54) is 24.3 Å². The number of hydrogen-bond donors (Lipinski definition) is 3. The fraction of sp³-hybridized carbons (Fsp3) is 0.517. The van der Waals surface area contributed by atoms with Gasteiger partial charge in [-0.05, 0) is 68.4 Å². The third-order valence-electron chi connectivity index (χ3n) is 7.77. The van der Waals surface area contributed by atoms with Gasteiger partial charge in [0.25, 0.3) is 0 Å². The van der Waals surface area contributed by atoms with Crippen LogP contribution in [0.1, 0.15) is 38.7 Å². The van der Waals surface area contributed by atoms with Crippen molar-refractivity contribution in [3.63, 3.8) is 0 Å². The minimum Gasteiger partial charge on any atom is -0.350 e. The SMILES string of the molecule is C[C@H](C[C@H](N)[C@H](Cc1ccccc1)NC(=O)[C@@H](C)N1CCN(CC2CC2)S(=O)(=O)C1)C(=O)Nc1ccc(F)cc1. The first-order chi connectivity index (χ1) is 19.0. The molecule has 1 heterocycles. The molecule has 1 saturated carbocycles. The van der Waals surface area contributed by atoms with Crippen LogP contribution in [-0.2, 0) is 26.0 Å². The molecule has 2 fully saturated rings. The van der Waals surface area contributed by atoms with Crippen molar-refractivity contribution >= 4 is 27.5 Å². The largest absolute Gasteiger partial charge is 0.350 e. The molecule has 2 aromatic rings. The zero-order valence-corrected chi connectivity index (χ0v) is 23.9. The van der Waals surface area contributed by atoms with Gasteiger partial charge in [-0.2, -0.15) is 4.31 Å². The molecule has 0 spiro atoms. The summed E-state index contributed by atoms with van der Waals surface area (Å²) in [5, 5.41) is 5.83. The minimum atomic E-state index is -3.46. The zero-order valence-electron chi connectivity index (χ0n) is 23.1. The Morgan fingerprint density at radius 1 is 1.02 bits per heavy atom. The molecule has 1 saturated heterocycles. The summed E-state index contributed by atoms with van der Waals surface area (Å²) < 4.78 is 40.5. The molecule has 4 N–H and O–H groups in total. The fourth-order valence-electron chi connectivity index (χ4n) is 4.96. The first-order valence-corrected chi connectivity index (χ1v) is 15.5. The van der Waals surface area contributed by atoms with Gasteiger partial charge in [0, 0.05) is 43.3 Å². The second-order valence-electron chi connectivity index (χ2n) is 11.1. The summed E-state index contributed by atoms with van der Waals surface area (Å²) in [7, 11) is -3.46. The Bertz CT molecular complexity index is 1260. The van der Waals surface area contributed by atoms with Crippen LogP contribution in [-0.4, -0.2) is 73.1 Å². The summed E-state index contributed by atoms with van der Waals surface area (Å²) in [5.41, 5.74) is 8.07. The Morgan fingerprint density at radius 3 is 2.33 bits per heavy atom. The summed E-state index contributed by atoms with van der Waals surface area (Å²) >= 11 is 0. The van der Waals surface area contributed by atoms with E-state index >= 15 is 0 Å². The first kappa shape index (κ1) is 30.1. The number of carbonyl (C=O) groups is 2. The van der Waals surface area contributed by atoms with Gasteiger partial charge in [0.15, 0.2) is 0 Å². The highest BCUT2D eigenvalue weighted by Crippen LogP contribution is 2.31. The first-order valence-electron chi connectivity index (χ1n) is 13.9. The van der Waals surface area contributed by atoms with Gasteiger partial charge in [0.1, 0.15) is 11.7 Å². The van der Waals surface area contributed by atoms with E-state index in [2.05, 4.69) is 10.6 Å². The minimum absolute atomic E-state index is 0.190. The number of nitrogens with two attached hydrogens (primary N) is 1. The molecule has 2 aromatic carbocycles. The number of anilines is 1. The molecule has 2 aliphatic rings. The van der Waals surface area contributed by atoms with Crippen LogP contribution >= 0.6 is 0 Å². The molecule has 218 valence electrons. The van der Waals surface area contributed by atoms with E-state index < -0.39 is 34.1 Å². The number of rotatable bonds is 12. The van der Waals surface area contributed by atoms with Crippen LogP contribution in [0.2, 0.25) is 0 Å². The molecular weight excluding hydrogens is 533 g/mol. The molecule has 0 bridgehead atoms. The average molecular weight is 574 g/mol. The predicted molar refractivity (Wildman–Crippen MR) is 153 cm³/mol. The van der Waals surface area contributed by atoms with Crippen molar-refractivity contribution in [2.24, 2.45) is 17.6 Å². The molecule has 40 heavy (non-hydrogen) atoms. The van der Waals surface area contributed by atoms with E-state index in [0.717, 1.165) is 18.4 Å². The van der Waals surface area contributed by atoms with E-state index in [9.17, 15) is 22.4 Å². The number of benzene rings is 2. The molecule has 4 atom stereocenters. The van der Waals surface area contributed by atoms with Crippen LogP contribution in [0.4, 0.5) is 10.1 Å². The van der Waals surface area contributed by atoms with Gasteiger partial charge in [0.05, 0.1) is 6.04 Å². The van der Waals surface area contributed by atoms with Crippen LogP contribution in [0.15, 0.2) is 54.6 Å². The maximum atomic E-state index is 13.4. The standard InChI is InChI=1S/C29H40FN5O4S/c1-20(28(36)32-25-12-10-24(30)11-13-25)16-26(31)27(17-22-6-4-3-5-7-22)33-29(37)21(2)34-14-15-35(18-23-8-9-23)40(38,39)19-34/h3-7,10-13,20-21,23,26-27H,8-9,14-19,31H2,1-2H3,(H,32,36)(H,33,37)/t20-,21-,26+,27+/m1/s1. The monoisotopic (exact) mass is 573 g/mol. The highest BCUT2D eigenvalue weighted by atomic mass is 32.2. The highest BCUT2D eigenvalue weighted by molar-refractivity contribution is 7.89.